The summed E-state index contributed by atoms with van der Waals surface area (Å²) in [7, 11) is 0. The maximum atomic E-state index is 13.4. The molecule has 0 fully saturated rings. The molecule has 0 bridgehead atoms. The van der Waals surface area contributed by atoms with Crippen LogP contribution in [0.25, 0.3) is 0 Å². The number of hydrogen-bond acceptors (Lipinski definition) is 4. The van der Waals surface area contributed by atoms with Crippen LogP contribution in [-0.4, -0.2) is 17.8 Å². The van der Waals surface area contributed by atoms with Crippen LogP contribution in [0.2, 0.25) is 0 Å². The molecular weight excluding hydrogens is 277 g/mol. The van der Waals surface area contributed by atoms with Gasteiger partial charge in [-0.1, -0.05) is 0 Å². The Labute approximate surface area is 119 Å². The Kier molecular flexibility index (Phi) is 3.55. The SMILES string of the molecule is O=C(NCc1ncccc1F)Nc1ccc2c(c1)OCO2. The van der Waals surface area contributed by atoms with Crippen molar-refractivity contribution in [1.82, 2.24) is 10.3 Å². The largest absolute Gasteiger partial charge is 0.454 e. The number of carbonyl (C=O) groups is 1. The first-order valence-corrected chi connectivity index (χ1v) is 6.26. The summed E-state index contributed by atoms with van der Waals surface area (Å²) in [6.45, 7) is 0.174. The Bertz CT molecular complexity index is 678. The number of pyridine rings is 1. The Hall–Kier alpha value is -2.83. The number of benzene rings is 1. The summed E-state index contributed by atoms with van der Waals surface area (Å²) in [6.07, 6.45) is 1.47. The standard InChI is InChI=1S/C14H12FN3O3/c15-10-2-1-5-16-11(10)7-17-14(19)18-9-3-4-12-13(6-9)21-8-20-12/h1-6H,7-8H2,(H2,17,18,19). The van der Waals surface area contributed by atoms with Crippen molar-refractivity contribution < 1.29 is 18.7 Å². The minimum absolute atomic E-state index is 0.00303. The van der Waals surface area contributed by atoms with E-state index < -0.39 is 11.8 Å². The number of fused-ring (bicyclic) bond motifs is 1. The van der Waals surface area contributed by atoms with Gasteiger partial charge in [0.2, 0.25) is 6.79 Å². The van der Waals surface area contributed by atoms with Gasteiger partial charge in [-0.2, -0.15) is 0 Å². The Morgan fingerprint density at radius 1 is 1.29 bits per heavy atom. The lowest BCUT2D eigenvalue weighted by Crippen LogP contribution is -2.28. The number of hydrogen-bond donors (Lipinski definition) is 2. The van der Waals surface area contributed by atoms with Crippen LogP contribution in [0.5, 0.6) is 11.5 Å². The van der Waals surface area contributed by atoms with E-state index >= 15 is 0 Å². The number of amides is 2. The molecule has 2 heterocycles. The zero-order chi connectivity index (χ0) is 14.7. The van der Waals surface area contributed by atoms with Crippen molar-refractivity contribution in [2.24, 2.45) is 0 Å². The molecule has 21 heavy (non-hydrogen) atoms. The number of aromatic nitrogens is 1. The summed E-state index contributed by atoms with van der Waals surface area (Å²) in [5, 5.41) is 5.16. The molecular formula is C14H12FN3O3. The van der Waals surface area contributed by atoms with Gasteiger partial charge in [0.05, 0.1) is 12.2 Å². The molecule has 1 aromatic heterocycles. The van der Waals surface area contributed by atoms with Crippen LogP contribution < -0.4 is 20.1 Å². The average Bonchev–Trinajstić information content (AvgIpc) is 2.94. The summed E-state index contributed by atoms with van der Waals surface area (Å²) in [5.41, 5.74) is 0.733. The lowest BCUT2D eigenvalue weighted by Gasteiger charge is -2.08. The highest BCUT2D eigenvalue weighted by atomic mass is 19.1. The van der Waals surface area contributed by atoms with Gasteiger partial charge in [-0.15, -0.1) is 0 Å². The number of nitrogens with one attached hydrogen (secondary N) is 2. The van der Waals surface area contributed by atoms with Crippen LogP contribution in [0.3, 0.4) is 0 Å². The molecule has 0 atom stereocenters. The second-order valence-electron chi connectivity index (χ2n) is 4.31. The Morgan fingerprint density at radius 2 is 2.14 bits per heavy atom. The molecule has 1 aliphatic heterocycles. The number of halogens is 1. The first-order chi connectivity index (χ1) is 10.2. The predicted octanol–water partition coefficient (Wildman–Crippen LogP) is 2.27. The van der Waals surface area contributed by atoms with Crippen LogP contribution in [0.15, 0.2) is 36.5 Å². The second-order valence-corrected chi connectivity index (χ2v) is 4.31. The van der Waals surface area contributed by atoms with E-state index in [9.17, 15) is 9.18 Å². The van der Waals surface area contributed by atoms with Crippen molar-refractivity contribution in [1.29, 1.82) is 0 Å². The van der Waals surface area contributed by atoms with E-state index in [-0.39, 0.29) is 19.0 Å². The molecule has 0 saturated heterocycles. The number of urea groups is 1. The third kappa shape index (κ3) is 3.02. The van der Waals surface area contributed by atoms with Crippen molar-refractivity contribution in [2.45, 2.75) is 6.54 Å². The fraction of sp³-hybridized carbons (Fsp3) is 0.143. The quantitative estimate of drug-likeness (QED) is 0.909. The van der Waals surface area contributed by atoms with E-state index in [1.165, 1.54) is 18.3 Å². The first-order valence-electron chi connectivity index (χ1n) is 6.26. The van der Waals surface area contributed by atoms with Gasteiger partial charge in [-0.05, 0) is 24.3 Å². The topological polar surface area (TPSA) is 72.5 Å². The van der Waals surface area contributed by atoms with E-state index in [1.54, 1.807) is 18.2 Å². The monoisotopic (exact) mass is 289 g/mol. The van der Waals surface area contributed by atoms with E-state index in [4.69, 9.17) is 9.47 Å². The molecule has 2 N–H and O–H groups in total. The Balaban J connectivity index is 1.58. The van der Waals surface area contributed by atoms with Crippen molar-refractivity contribution in [3.05, 3.63) is 48.0 Å². The number of nitrogens with zero attached hydrogens (tertiary/aromatic N) is 1. The molecule has 0 radical (unpaired) electrons. The zero-order valence-corrected chi connectivity index (χ0v) is 10.9. The summed E-state index contributed by atoms with van der Waals surface area (Å²) in [5.74, 6) is 0.751. The van der Waals surface area contributed by atoms with Gasteiger partial charge >= 0.3 is 6.03 Å². The van der Waals surface area contributed by atoms with Crippen molar-refractivity contribution >= 4 is 11.7 Å². The number of rotatable bonds is 3. The van der Waals surface area contributed by atoms with Crippen LogP contribution in [0.4, 0.5) is 14.9 Å². The van der Waals surface area contributed by atoms with Crippen molar-refractivity contribution in [3.8, 4) is 11.5 Å². The lowest BCUT2D eigenvalue weighted by molar-refractivity contribution is 0.174. The van der Waals surface area contributed by atoms with Crippen molar-refractivity contribution in [2.75, 3.05) is 12.1 Å². The zero-order valence-electron chi connectivity index (χ0n) is 10.9. The third-order valence-corrected chi connectivity index (χ3v) is 2.88. The van der Waals surface area contributed by atoms with Gasteiger partial charge in [0.15, 0.2) is 11.5 Å². The highest BCUT2D eigenvalue weighted by molar-refractivity contribution is 5.89. The van der Waals surface area contributed by atoms with Crippen LogP contribution in [0.1, 0.15) is 5.69 Å². The highest BCUT2D eigenvalue weighted by Gasteiger charge is 2.14. The highest BCUT2D eigenvalue weighted by Crippen LogP contribution is 2.34. The minimum Gasteiger partial charge on any atom is -0.454 e. The van der Waals surface area contributed by atoms with Crippen molar-refractivity contribution in [3.63, 3.8) is 0 Å². The lowest BCUT2D eigenvalue weighted by atomic mass is 10.3. The van der Waals surface area contributed by atoms with Crippen LogP contribution in [0, 0.1) is 5.82 Å². The van der Waals surface area contributed by atoms with Gasteiger partial charge in [0.1, 0.15) is 5.82 Å². The number of carbonyl (C=O) groups excluding carboxylic acids is 1. The van der Waals surface area contributed by atoms with Crippen LogP contribution in [-0.2, 0) is 6.54 Å². The summed E-state index contributed by atoms with van der Waals surface area (Å²) in [6, 6.07) is 7.37. The van der Waals surface area contributed by atoms with Gasteiger partial charge < -0.3 is 20.1 Å². The minimum atomic E-state index is -0.459. The van der Waals surface area contributed by atoms with E-state index in [0.29, 0.717) is 17.2 Å². The maximum Gasteiger partial charge on any atom is 0.319 e. The smallest absolute Gasteiger partial charge is 0.319 e. The fourth-order valence-corrected chi connectivity index (χ4v) is 1.86. The molecule has 2 aromatic rings. The molecule has 6 nitrogen and oxygen atoms in total. The normalized spacial score (nSPS) is 12.0. The van der Waals surface area contributed by atoms with Crippen LogP contribution >= 0.6 is 0 Å². The summed E-state index contributed by atoms with van der Waals surface area (Å²) >= 11 is 0. The first kappa shape index (κ1) is 13.2. The van der Waals surface area contributed by atoms with E-state index in [2.05, 4.69) is 15.6 Å². The molecule has 2 amide bonds. The van der Waals surface area contributed by atoms with Gasteiger partial charge in [0.25, 0.3) is 0 Å². The second kappa shape index (κ2) is 5.66. The summed E-state index contributed by atoms with van der Waals surface area (Å²) < 4.78 is 23.7. The number of ether oxygens (including phenoxy) is 2. The fourth-order valence-electron chi connectivity index (χ4n) is 1.86. The molecule has 108 valence electrons. The molecule has 7 heteroatoms. The summed E-state index contributed by atoms with van der Waals surface area (Å²) in [4.78, 5) is 15.6. The van der Waals surface area contributed by atoms with Gasteiger partial charge in [-0.25, -0.2) is 9.18 Å². The van der Waals surface area contributed by atoms with Gasteiger partial charge in [-0.3, -0.25) is 4.98 Å². The maximum absolute atomic E-state index is 13.4. The molecule has 1 aliphatic rings. The van der Waals surface area contributed by atoms with E-state index in [0.717, 1.165) is 0 Å². The molecule has 0 aliphatic carbocycles. The van der Waals surface area contributed by atoms with Gasteiger partial charge in [0, 0.05) is 18.0 Å². The predicted molar refractivity (Wildman–Crippen MR) is 72.6 cm³/mol. The molecule has 1 aromatic carbocycles. The van der Waals surface area contributed by atoms with E-state index in [1.807, 2.05) is 0 Å². The molecule has 0 spiro atoms. The number of anilines is 1. The molecule has 0 saturated carbocycles. The average molecular weight is 289 g/mol. The molecule has 3 rings (SSSR count). The third-order valence-electron chi connectivity index (χ3n) is 2.88. The molecule has 0 unspecified atom stereocenters. The Morgan fingerprint density at radius 3 is 3.00 bits per heavy atom.